The Morgan fingerprint density at radius 2 is 0.565 bits per heavy atom. The van der Waals surface area contributed by atoms with E-state index < -0.39 is 97.5 Å². The number of carbonyl (C=O) groups excluding carboxylic acids is 4. The third-order valence-corrected chi connectivity index (χ3v) is 17.8. The first-order valence-corrected chi connectivity index (χ1v) is 37.6. The zero-order chi connectivity index (χ0) is 62.9. The maximum absolute atomic E-state index is 13.0. The molecular formula is C66H128O17P2. The Morgan fingerprint density at radius 1 is 0.329 bits per heavy atom. The smallest absolute Gasteiger partial charge is 0.462 e. The molecule has 4 unspecified atom stereocenters. The van der Waals surface area contributed by atoms with Crippen LogP contribution in [0.5, 0.6) is 0 Å². The molecule has 0 aromatic carbocycles. The van der Waals surface area contributed by atoms with Crippen LogP contribution in [0.25, 0.3) is 0 Å². The number of aliphatic hydroxyl groups excluding tert-OH is 1. The molecule has 0 spiro atoms. The van der Waals surface area contributed by atoms with Crippen molar-refractivity contribution in [2.24, 2.45) is 11.8 Å². The van der Waals surface area contributed by atoms with Gasteiger partial charge in [-0.1, -0.05) is 279 Å². The minimum Gasteiger partial charge on any atom is -0.462 e. The van der Waals surface area contributed by atoms with Crippen LogP contribution in [0, 0.1) is 11.8 Å². The molecule has 3 N–H and O–H groups in total. The van der Waals surface area contributed by atoms with Gasteiger partial charge in [0.15, 0.2) is 12.2 Å². The van der Waals surface area contributed by atoms with Gasteiger partial charge in [0, 0.05) is 25.7 Å². The molecule has 0 aliphatic carbocycles. The molecule has 0 radical (unpaired) electrons. The number of ether oxygens (including phenoxy) is 4. The van der Waals surface area contributed by atoms with Crippen molar-refractivity contribution in [1.82, 2.24) is 0 Å². The van der Waals surface area contributed by atoms with E-state index in [0.29, 0.717) is 25.7 Å². The van der Waals surface area contributed by atoms with Crippen LogP contribution in [-0.4, -0.2) is 96.7 Å². The van der Waals surface area contributed by atoms with Gasteiger partial charge in [-0.05, 0) is 37.5 Å². The summed E-state index contributed by atoms with van der Waals surface area (Å²) in [5, 5.41) is 10.6. The molecule has 0 aliphatic rings. The molecule has 19 heteroatoms. The Hall–Kier alpha value is -1.94. The van der Waals surface area contributed by atoms with E-state index in [1.54, 1.807) is 0 Å². The van der Waals surface area contributed by atoms with Gasteiger partial charge in [-0.15, -0.1) is 0 Å². The van der Waals surface area contributed by atoms with Crippen molar-refractivity contribution in [1.29, 1.82) is 0 Å². The van der Waals surface area contributed by atoms with Crippen LogP contribution in [0.3, 0.4) is 0 Å². The molecule has 85 heavy (non-hydrogen) atoms. The van der Waals surface area contributed by atoms with Crippen LogP contribution in [-0.2, 0) is 65.4 Å². The fourth-order valence-electron chi connectivity index (χ4n) is 9.82. The monoisotopic (exact) mass is 1250 g/mol. The average Bonchev–Trinajstić information content (AvgIpc) is 3.58. The number of phosphoric acid groups is 2. The first kappa shape index (κ1) is 83.1. The van der Waals surface area contributed by atoms with Crippen molar-refractivity contribution in [3.8, 4) is 0 Å². The number of phosphoric ester groups is 2. The molecule has 7 atom stereocenters. The quantitative estimate of drug-likeness (QED) is 0.0222. The Kier molecular flexibility index (Phi) is 57.1. The second-order valence-corrected chi connectivity index (χ2v) is 27.2. The number of unbranched alkanes of at least 4 members (excludes halogenated alkanes) is 33. The molecule has 0 saturated heterocycles. The van der Waals surface area contributed by atoms with Crippen LogP contribution in [0.4, 0.5) is 0 Å². The van der Waals surface area contributed by atoms with Gasteiger partial charge in [0.1, 0.15) is 19.3 Å². The lowest BCUT2D eigenvalue weighted by molar-refractivity contribution is -0.161. The number of esters is 4. The highest BCUT2D eigenvalue weighted by molar-refractivity contribution is 7.47. The van der Waals surface area contributed by atoms with E-state index in [9.17, 15) is 43.2 Å². The van der Waals surface area contributed by atoms with E-state index in [4.69, 9.17) is 37.0 Å². The lowest BCUT2D eigenvalue weighted by atomic mass is 10.00. The van der Waals surface area contributed by atoms with Crippen molar-refractivity contribution in [2.75, 3.05) is 39.6 Å². The lowest BCUT2D eigenvalue weighted by Gasteiger charge is -2.21. The zero-order valence-electron chi connectivity index (χ0n) is 54.9. The van der Waals surface area contributed by atoms with Gasteiger partial charge in [0.2, 0.25) is 0 Å². The normalized spacial score (nSPS) is 14.9. The fourth-order valence-corrected chi connectivity index (χ4v) is 11.4. The molecular weight excluding hydrogens is 1130 g/mol. The van der Waals surface area contributed by atoms with Gasteiger partial charge in [-0.3, -0.25) is 37.3 Å². The maximum Gasteiger partial charge on any atom is 0.472 e. The van der Waals surface area contributed by atoms with E-state index in [0.717, 1.165) is 108 Å². The predicted molar refractivity (Wildman–Crippen MR) is 340 cm³/mol. The number of hydrogen-bond donors (Lipinski definition) is 3. The molecule has 504 valence electrons. The average molecular weight is 1260 g/mol. The van der Waals surface area contributed by atoms with E-state index in [2.05, 4.69) is 41.5 Å². The summed E-state index contributed by atoms with van der Waals surface area (Å²) in [6, 6.07) is 0. The zero-order valence-corrected chi connectivity index (χ0v) is 56.7. The highest BCUT2D eigenvalue weighted by Gasteiger charge is 2.30. The summed E-state index contributed by atoms with van der Waals surface area (Å²) in [7, 11) is -9.89. The van der Waals surface area contributed by atoms with Crippen molar-refractivity contribution in [2.45, 2.75) is 349 Å². The van der Waals surface area contributed by atoms with Crippen LogP contribution >= 0.6 is 15.6 Å². The summed E-state index contributed by atoms with van der Waals surface area (Å²) < 4.78 is 68.1. The van der Waals surface area contributed by atoms with Crippen LogP contribution in [0.15, 0.2) is 0 Å². The van der Waals surface area contributed by atoms with Crippen LogP contribution in [0.1, 0.15) is 330 Å². The number of carbonyl (C=O) groups is 4. The molecule has 0 aromatic heterocycles. The van der Waals surface area contributed by atoms with Gasteiger partial charge >= 0.3 is 39.5 Å². The third-order valence-electron chi connectivity index (χ3n) is 15.9. The summed E-state index contributed by atoms with van der Waals surface area (Å²) in [6.07, 6.45) is 41.6. The first-order chi connectivity index (χ1) is 40.9. The molecule has 0 amide bonds. The second kappa shape index (κ2) is 58.4. The minimum absolute atomic E-state index is 0.102. The first-order valence-electron chi connectivity index (χ1n) is 34.6. The van der Waals surface area contributed by atoms with Crippen LogP contribution in [0.2, 0.25) is 0 Å². The topological polar surface area (TPSA) is 237 Å². The van der Waals surface area contributed by atoms with E-state index in [1.165, 1.54) is 141 Å². The maximum atomic E-state index is 13.0. The van der Waals surface area contributed by atoms with Crippen molar-refractivity contribution < 1.29 is 80.2 Å². The Morgan fingerprint density at radius 3 is 0.835 bits per heavy atom. The van der Waals surface area contributed by atoms with E-state index in [1.807, 2.05) is 0 Å². The predicted octanol–water partition coefficient (Wildman–Crippen LogP) is 18.4. The molecule has 17 nitrogen and oxygen atoms in total. The van der Waals surface area contributed by atoms with Gasteiger partial charge < -0.3 is 33.8 Å². The summed E-state index contributed by atoms with van der Waals surface area (Å²) in [5.41, 5.74) is 0. The summed E-state index contributed by atoms with van der Waals surface area (Å²) in [6.45, 7) is 9.43. The Labute approximate surface area is 517 Å². The van der Waals surface area contributed by atoms with E-state index >= 15 is 0 Å². The molecule has 0 heterocycles. The summed E-state index contributed by atoms with van der Waals surface area (Å²) in [4.78, 5) is 72.3. The Bertz CT molecular complexity index is 1670. The van der Waals surface area contributed by atoms with Gasteiger partial charge in [0.05, 0.1) is 26.4 Å². The van der Waals surface area contributed by atoms with E-state index in [-0.39, 0.29) is 25.7 Å². The summed E-state index contributed by atoms with van der Waals surface area (Å²) in [5.74, 6) is -0.681. The highest BCUT2D eigenvalue weighted by atomic mass is 31.2. The molecule has 0 aromatic rings. The standard InChI is InChI=1S/C66H128O17P2/c1-7-11-13-15-17-19-21-23-25-27-29-38-44-50-65(70)82-61(54-76-63(68)48-42-36-28-26-24-22-20-18-16-14-12-8-2)56-80-84(72,73)78-52-60(67)53-79-85(74,75)81-57-62(83-66(71)51-45-39-33-31-35-41-47-59(6)10-4)55-77-64(69)49-43-37-32-30-34-40-46-58(5)9-3/h58-62,67H,7-57H2,1-6H3,(H,72,73)(H,74,75)/t58?,59?,60-,61-,62-/m1/s1. The van der Waals surface area contributed by atoms with Crippen molar-refractivity contribution >= 4 is 39.5 Å². The number of hydrogen-bond acceptors (Lipinski definition) is 15. The molecule has 0 rings (SSSR count). The minimum atomic E-state index is -4.95. The van der Waals surface area contributed by atoms with Crippen molar-refractivity contribution in [3.05, 3.63) is 0 Å². The molecule has 0 aliphatic heterocycles. The largest absolute Gasteiger partial charge is 0.472 e. The summed E-state index contributed by atoms with van der Waals surface area (Å²) >= 11 is 0. The van der Waals surface area contributed by atoms with Gasteiger partial charge in [-0.25, -0.2) is 9.13 Å². The highest BCUT2D eigenvalue weighted by Crippen LogP contribution is 2.45. The van der Waals surface area contributed by atoms with Gasteiger partial charge in [-0.2, -0.15) is 0 Å². The number of rotatable bonds is 65. The molecule has 0 bridgehead atoms. The fraction of sp³-hybridized carbons (Fsp3) is 0.939. The molecule has 0 fully saturated rings. The lowest BCUT2D eigenvalue weighted by Crippen LogP contribution is -2.30. The van der Waals surface area contributed by atoms with Crippen molar-refractivity contribution in [3.63, 3.8) is 0 Å². The van der Waals surface area contributed by atoms with Crippen LogP contribution < -0.4 is 0 Å². The third kappa shape index (κ3) is 58.2. The number of aliphatic hydroxyl groups is 1. The SMILES string of the molecule is CCCCCCCCCCCCCCCC(=O)O[C@H](COC(=O)CCCCCCCCCCCCCC)COP(=O)(O)OC[C@@H](O)COP(=O)(O)OC[C@@H](COC(=O)CCCCCCCCC(C)CC)OC(=O)CCCCCCCCC(C)CC. The second-order valence-electron chi connectivity index (χ2n) is 24.3. The molecule has 0 saturated carbocycles. The Balaban J connectivity index is 5.26. The van der Waals surface area contributed by atoms with Gasteiger partial charge in [0.25, 0.3) is 0 Å².